The molecule has 2 aromatic rings. The number of rotatable bonds is 11. The molecule has 7 nitrogen and oxygen atoms in total. The van der Waals surface area contributed by atoms with Crippen LogP contribution in [0.3, 0.4) is 0 Å². The van der Waals surface area contributed by atoms with Gasteiger partial charge in [0.15, 0.2) is 11.5 Å². The van der Waals surface area contributed by atoms with Crippen molar-refractivity contribution in [2.24, 2.45) is 0 Å². The molecule has 0 spiro atoms. The average Bonchev–Trinajstić information content (AvgIpc) is 2.65. The van der Waals surface area contributed by atoms with Gasteiger partial charge in [-0.15, -0.1) is 0 Å². The Balaban J connectivity index is 1.98. The van der Waals surface area contributed by atoms with Gasteiger partial charge in [0.1, 0.15) is 11.6 Å². The van der Waals surface area contributed by atoms with Gasteiger partial charge in [0, 0.05) is 31.1 Å². The topological polar surface area (TPSA) is 80.3 Å². The summed E-state index contributed by atoms with van der Waals surface area (Å²) in [6.07, 6.45) is 5.45. The van der Waals surface area contributed by atoms with Crippen LogP contribution in [0.5, 0.6) is 11.5 Å². The van der Waals surface area contributed by atoms with E-state index < -0.39 is 0 Å². The van der Waals surface area contributed by atoms with Crippen LogP contribution >= 0.6 is 0 Å². The number of hydrogen-bond donors (Lipinski definition) is 3. The van der Waals surface area contributed by atoms with Crippen molar-refractivity contribution in [3.05, 3.63) is 30.6 Å². The maximum Gasteiger partial charge on any atom is 0.179 e. The number of nitrogens with one attached hydrogen (secondary N) is 3. The number of methoxy groups -OCH3 is 1. The molecule has 3 N–H and O–H groups in total. The van der Waals surface area contributed by atoms with E-state index in [0.29, 0.717) is 29.7 Å². The smallest absolute Gasteiger partial charge is 0.179 e. The summed E-state index contributed by atoms with van der Waals surface area (Å²) in [5.74, 6) is 2.64. The second-order valence-electron chi connectivity index (χ2n) is 5.48. The number of nitrogens with zero attached hydrogens (tertiary/aromatic N) is 2. The van der Waals surface area contributed by atoms with Gasteiger partial charge >= 0.3 is 0 Å². The lowest BCUT2D eigenvalue weighted by Gasteiger charge is -2.13. The summed E-state index contributed by atoms with van der Waals surface area (Å²) in [5.41, 5.74) is 0.974. The third kappa shape index (κ3) is 6.11. The van der Waals surface area contributed by atoms with Crippen molar-refractivity contribution in [1.82, 2.24) is 15.3 Å². The molecule has 0 fully saturated rings. The van der Waals surface area contributed by atoms with Crippen molar-refractivity contribution < 1.29 is 9.47 Å². The van der Waals surface area contributed by atoms with Crippen LogP contribution in [0.1, 0.15) is 19.8 Å². The number of aromatic nitrogens is 2. The molecular weight excluding hydrogens is 318 g/mol. The molecule has 136 valence electrons. The van der Waals surface area contributed by atoms with Gasteiger partial charge in [-0.25, -0.2) is 9.97 Å². The quantitative estimate of drug-likeness (QED) is 0.540. The molecule has 2 rings (SSSR count). The Labute approximate surface area is 149 Å². The molecule has 25 heavy (non-hydrogen) atoms. The fourth-order valence-corrected chi connectivity index (χ4v) is 2.23. The first-order chi connectivity index (χ1) is 12.3. The summed E-state index contributed by atoms with van der Waals surface area (Å²) in [7, 11) is 3.48. The molecule has 7 heteroatoms. The first kappa shape index (κ1) is 18.8. The van der Waals surface area contributed by atoms with Crippen molar-refractivity contribution >= 4 is 17.3 Å². The normalized spacial score (nSPS) is 10.4. The maximum atomic E-state index is 5.85. The van der Waals surface area contributed by atoms with Crippen LogP contribution in [0.4, 0.5) is 17.3 Å². The third-order valence-electron chi connectivity index (χ3n) is 3.54. The SMILES string of the molecule is CCCNCCCOc1cc(Nc2cc(NC)ccn2)ncc1OC. The van der Waals surface area contributed by atoms with Crippen LogP contribution in [0.15, 0.2) is 30.6 Å². The monoisotopic (exact) mass is 345 g/mol. The highest BCUT2D eigenvalue weighted by Gasteiger charge is 2.08. The molecule has 0 saturated heterocycles. The first-order valence-corrected chi connectivity index (χ1v) is 8.55. The predicted molar refractivity (Wildman–Crippen MR) is 101 cm³/mol. The lowest BCUT2D eigenvalue weighted by atomic mass is 10.3. The van der Waals surface area contributed by atoms with Crippen molar-refractivity contribution in [1.29, 1.82) is 0 Å². The Bertz CT molecular complexity index is 651. The molecule has 2 aromatic heterocycles. The second kappa shape index (κ2) is 10.4. The van der Waals surface area contributed by atoms with Crippen molar-refractivity contribution in [2.45, 2.75) is 19.8 Å². The minimum atomic E-state index is 0.615. The molecule has 0 bridgehead atoms. The molecule has 0 unspecified atom stereocenters. The molecule has 0 aliphatic heterocycles. The lowest BCUT2D eigenvalue weighted by Crippen LogP contribution is -2.18. The summed E-state index contributed by atoms with van der Waals surface area (Å²) in [4.78, 5) is 8.63. The van der Waals surface area contributed by atoms with Crippen molar-refractivity contribution in [3.63, 3.8) is 0 Å². The number of hydrogen-bond acceptors (Lipinski definition) is 7. The zero-order valence-electron chi connectivity index (χ0n) is 15.1. The first-order valence-electron chi connectivity index (χ1n) is 8.55. The Morgan fingerprint density at radius 2 is 1.92 bits per heavy atom. The van der Waals surface area contributed by atoms with Gasteiger partial charge in [-0.2, -0.15) is 0 Å². The van der Waals surface area contributed by atoms with E-state index in [1.807, 2.05) is 25.2 Å². The Morgan fingerprint density at radius 3 is 2.68 bits per heavy atom. The minimum absolute atomic E-state index is 0.615. The molecule has 0 aliphatic carbocycles. The predicted octanol–water partition coefficient (Wildman–Crippen LogP) is 3.04. The van der Waals surface area contributed by atoms with Crippen LogP contribution in [0.2, 0.25) is 0 Å². The van der Waals surface area contributed by atoms with Crippen LogP contribution in [0.25, 0.3) is 0 Å². The molecule has 0 saturated carbocycles. The molecule has 0 atom stereocenters. The van der Waals surface area contributed by atoms with Crippen LogP contribution in [-0.2, 0) is 0 Å². The number of ether oxygens (including phenoxy) is 2. The highest BCUT2D eigenvalue weighted by Crippen LogP contribution is 2.29. The van der Waals surface area contributed by atoms with Gasteiger partial charge in [0.05, 0.1) is 19.9 Å². The van der Waals surface area contributed by atoms with Crippen LogP contribution in [-0.4, -0.2) is 43.8 Å². The van der Waals surface area contributed by atoms with Crippen LogP contribution < -0.4 is 25.4 Å². The Kier molecular flexibility index (Phi) is 7.78. The van der Waals surface area contributed by atoms with E-state index in [-0.39, 0.29) is 0 Å². The van der Waals surface area contributed by atoms with Gasteiger partial charge in [-0.1, -0.05) is 6.92 Å². The van der Waals surface area contributed by atoms with E-state index in [2.05, 4.69) is 32.8 Å². The highest BCUT2D eigenvalue weighted by atomic mass is 16.5. The average molecular weight is 345 g/mol. The fourth-order valence-electron chi connectivity index (χ4n) is 2.23. The molecule has 0 aromatic carbocycles. The zero-order chi connectivity index (χ0) is 17.9. The standard InChI is InChI=1S/C18H27N5O2/c1-4-7-20-8-5-10-25-15-12-18(22-13-16(15)24-3)23-17-11-14(19-2)6-9-21-17/h6,9,11-13,20H,4-5,7-8,10H2,1-3H3,(H2,19,21,22,23). The number of anilines is 3. The highest BCUT2D eigenvalue weighted by molar-refractivity contribution is 5.60. The molecule has 0 amide bonds. The van der Waals surface area contributed by atoms with E-state index in [1.165, 1.54) is 0 Å². The summed E-state index contributed by atoms with van der Waals surface area (Å²) in [6.45, 7) is 4.74. The lowest BCUT2D eigenvalue weighted by molar-refractivity contribution is 0.287. The number of pyridine rings is 2. The van der Waals surface area contributed by atoms with E-state index in [1.54, 1.807) is 19.5 Å². The van der Waals surface area contributed by atoms with Crippen LogP contribution in [0, 0.1) is 0 Å². The summed E-state index contributed by atoms with van der Waals surface area (Å²) >= 11 is 0. The van der Waals surface area contributed by atoms with E-state index in [4.69, 9.17) is 9.47 Å². The van der Waals surface area contributed by atoms with E-state index in [9.17, 15) is 0 Å². The van der Waals surface area contributed by atoms with Gasteiger partial charge in [0.25, 0.3) is 0 Å². The van der Waals surface area contributed by atoms with Gasteiger partial charge in [0.2, 0.25) is 0 Å². The summed E-state index contributed by atoms with van der Waals surface area (Å²) in [5, 5.41) is 9.61. The fraction of sp³-hybridized carbons (Fsp3) is 0.444. The Morgan fingerprint density at radius 1 is 1.08 bits per heavy atom. The maximum absolute atomic E-state index is 5.85. The second-order valence-corrected chi connectivity index (χ2v) is 5.48. The Hall–Kier alpha value is -2.54. The van der Waals surface area contributed by atoms with E-state index >= 15 is 0 Å². The third-order valence-corrected chi connectivity index (χ3v) is 3.54. The van der Waals surface area contributed by atoms with Gasteiger partial charge in [-0.05, 0) is 32.0 Å². The van der Waals surface area contributed by atoms with Crippen molar-refractivity contribution in [3.8, 4) is 11.5 Å². The molecular formula is C18H27N5O2. The van der Waals surface area contributed by atoms with E-state index in [0.717, 1.165) is 31.6 Å². The molecule has 0 radical (unpaired) electrons. The summed E-state index contributed by atoms with van der Waals surface area (Å²) in [6, 6.07) is 5.63. The zero-order valence-corrected chi connectivity index (χ0v) is 15.1. The summed E-state index contributed by atoms with van der Waals surface area (Å²) < 4.78 is 11.2. The van der Waals surface area contributed by atoms with Gasteiger partial charge < -0.3 is 25.4 Å². The minimum Gasteiger partial charge on any atom is -0.491 e. The van der Waals surface area contributed by atoms with Crippen molar-refractivity contribution in [2.75, 3.05) is 44.5 Å². The molecule has 0 aliphatic rings. The van der Waals surface area contributed by atoms with Gasteiger partial charge in [-0.3, -0.25) is 0 Å². The molecule has 2 heterocycles. The largest absolute Gasteiger partial charge is 0.491 e.